The number of rotatable bonds is 1. The highest BCUT2D eigenvalue weighted by Gasteiger charge is 2.09. The molecule has 0 spiro atoms. The summed E-state index contributed by atoms with van der Waals surface area (Å²) in [5.74, 6) is 0.880. The number of hydrogen-bond acceptors (Lipinski definition) is 2. The largest absolute Gasteiger partial charge is 0.282 e. The molecular weight excluding hydrogens is 246 g/mol. The Labute approximate surface area is 116 Å². The fourth-order valence-electron chi connectivity index (χ4n) is 2.52. The van der Waals surface area contributed by atoms with Crippen LogP contribution >= 0.6 is 0 Å². The Morgan fingerprint density at radius 1 is 0.850 bits per heavy atom. The summed E-state index contributed by atoms with van der Waals surface area (Å²) in [5.41, 5.74) is 3.23. The molecule has 0 N–H and O–H groups in total. The normalized spacial score (nSPS) is 11.2. The molecule has 0 atom stereocenters. The summed E-state index contributed by atoms with van der Waals surface area (Å²) in [7, 11) is 0. The van der Waals surface area contributed by atoms with Gasteiger partial charge < -0.3 is 0 Å². The van der Waals surface area contributed by atoms with E-state index >= 15 is 0 Å². The summed E-state index contributed by atoms with van der Waals surface area (Å²) in [6.45, 7) is 2.08. The molecule has 0 radical (unpaired) electrons. The van der Waals surface area contributed by atoms with Gasteiger partial charge in [-0.15, -0.1) is 10.2 Å². The Bertz CT molecular complexity index is 904. The van der Waals surface area contributed by atoms with Gasteiger partial charge in [0.1, 0.15) is 0 Å². The molecule has 0 saturated carbocycles. The van der Waals surface area contributed by atoms with Gasteiger partial charge in [0.05, 0.1) is 0 Å². The van der Waals surface area contributed by atoms with Crippen molar-refractivity contribution in [1.82, 2.24) is 14.6 Å². The molecule has 0 aliphatic heterocycles. The summed E-state index contributed by atoms with van der Waals surface area (Å²) in [4.78, 5) is 0. The summed E-state index contributed by atoms with van der Waals surface area (Å²) in [5, 5.41) is 11.0. The van der Waals surface area contributed by atoms with Crippen LogP contribution < -0.4 is 0 Å². The summed E-state index contributed by atoms with van der Waals surface area (Å²) < 4.78 is 2.05. The van der Waals surface area contributed by atoms with Crippen LogP contribution in [0.3, 0.4) is 0 Å². The number of nitrogens with zero attached hydrogens (tertiary/aromatic N) is 3. The van der Waals surface area contributed by atoms with Crippen molar-refractivity contribution in [2.24, 2.45) is 0 Å². The zero-order chi connectivity index (χ0) is 13.5. The number of hydrogen-bond donors (Lipinski definition) is 0. The predicted molar refractivity (Wildman–Crippen MR) is 80.7 cm³/mol. The first kappa shape index (κ1) is 11.2. The van der Waals surface area contributed by atoms with Crippen molar-refractivity contribution in [1.29, 1.82) is 0 Å². The van der Waals surface area contributed by atoms with E-state index in [0.717, 1.165) is 22.4 Å². The van der Waals surface area contributed by atoms with E-state index in [4.69, 9.17) is 0 Å². The average Bonchev–Trinajstić information content (AvgIpc) is 2.92. The highest BCUT2D eigenvalue weighted by Crippen LogP contribution is 2.23. The zero-order valence-corrected chi connectivity index (χ0v) is 11.1. The molecule has 2 aromatic heterocycles. The summed E-state index contributed by atoms with van der Waals surface area (Å²) >= 11 is 0. The molecule has 20 heavy (non-hydrogen) atoms. The minimum absolute atomic E-state index is 0.880. The Morgan fingerprint density at radius 2 is 1.65 bits per heavy atom. The van der Waals surface area contributed by atoms with Gasteiger partial charge >= 0.3 is 0 Å². The number of benzene rings is 2. The van der Waals surface area contributed by atoms with Gasteiger partial charge in [-0.05, 0) is 18.4 Å². The fourth-order valence-corrected chi connectivity index (χ4v) is 2.52. The van der Waals surface area contributed by atoms with Gasteiger partial charge in [-0.2, -0.15) is 0 Å². The first-order valence-corrected chi connectivity index (χ1v) is 6.62. The van der Waals surface area contributed by atoms with E-state index in [1.54, 1.807) is 0 Å². The molecule has 96 valence electrons. The maximum Gasteiger partial charge on any atom is 0.168 e. The van der Waals surface area contributed by atoms with Crippen LogP contribution in [0.2, 0.25) is 0 Å². The maximum absolute atomic E-state index is 4.36. The molecule has 3 heteroatoms. The first-order valence-electron chi connectivity index (χ1n) is 6.62. The van der Waals surface area contributed by atoms with E-state index in [2.05, 4.69) is 59.6 Å². The summed E-state index contributed by atoms with van der Waals surface area (Å²) in [6, 6.07) is 18.7. The lowest BCUT2D eigenvalue weighted by atomic mass is 10.1. The minimum atomic E-state index is 0.880. The van der Waals surface area contributed by atoms with E-state index in [0.29, 0.717) is 0 Å². The van der Waals surface area contributed by atoms with Gasteiger partial charge in [0.2, 0.25) is 0 Å². The zero-order valence-electron chi connectivity index (χ0n) is 11.1. The van der Waals surface area contributed by atoms with Gasteiger partial charge in [0.25, 0.3) is 0 Å². The van der Waals surface area contributed by atoms with Crippen LogP contribution in [-0.2, 0) is 0 Å². The second kappa shape index (κ2) is 4.17. The van der Waals surface area contributed by atoms with Crippen LogP contribution in [-0.4, -0.2) is 14.6 Å². The summed E-state index contributed by atoms with van der Waals surface area (Å²) in [6.07, 6.45) is 2.03. The number of fused-ring (bicyclic) bond motifs is 3. The third kappa shape index (κ3) is 1.60. The third-order valence-corrected chi connectivity index (χ3v) is 3.61. The van der Waals surface area contributed by atoms with Crippen LogP contribution in [0.25, 0.3) is 27.8 Å². The molecule has 0 fully saturated rings. The molecule has 0 amide bonds. The monoisotopic (exact) mass is 259 g/mol. The first-order chi connectivity index (χ1) is 9.83. The molecule has 4 rings (SSSR count). The van der Waals surface area contributed by atoms with E-state index in [-0.39, 0.29) is 0 Å². The fraction of sp³-hybridized carbons (Fsp3) is 0.0588. The van der Waals surface area contributed by atoms with E-state index < -0.39 is 0 Å². The van der Waals surface area contributed by atoms with Crippen molar-refractivity contribution >= 4 is 16.4 Å². The molecule has 0 bridgehead atoms. The molecule has 2 heterocycles. The van der Waals surface area contributed by atoms with Crippen LogP contribution in [0.1, 0.15) is 5.56 Å². The highest BCUT2D eigenvalue weighted by molar-refractivity contribution is 5.94. The number of aryl methyl sites for hydroxylation is 1. The minimum Gasteiger partial charge on any atom is -0.282 e. The molecule has 2 aromatic carbocycles. The lowest BCUT2D eigenvalue weighted by Gasteiger charge is -2.03. The van der Waals surface area contributed by atoms with Gasteiger partial charge in [0, 0.05) is 17.1 Å². The molecule has 0 unspecified atom stereocenters. The topological polar surface area (TPSA) is 30.2 Å². The molecule has 0 aliphatic carbocycles. The van der Waals surface area contributed by atoms with Crippen LogP contribution in [0, 0.1) is 6.92 Å². The average molecular weight is 259 g/mol. The molecule has 4 aromatic rings. The van der Waals surface area contributed by atoms with E-state index in [9.17, 15) is 0 Å². The van der Waals surface area contributed by atoms with Crippen LogP contribution in [0.15, 0.2) is 60.8 Å². The smallest absolute Gasteiger partial charge is 0.168 e. The van der Waals surface area contributed by atoms with Crippen molar-refractivity contribution in [3.63, 3.8) is 0 Å². The standard InChI is InChI=1S/C17H13N3/c1-12-6-8-14(9-7-12)16-18-19-17-15-5-3-2-4-13(15)10-11-20(16)17/h2-11H,1H3. The van der Waals surface area contributed by atoms with Crippen molar-refractivity contribution in [2.75, 3.05) is 0 Å². The van der Waals surface area contributed by atoms with Crippen molar-refractivity contribution in [2.45, 2.75) is 6.92 Å². The lowest BCUT2D eigenvalue weighted by molar-refractivity contribution is 1.11. The number of aromatic nitrogens is 3. The van der Waals surface area contributed by atoms with Crippen molar-refractivity contribution < 1.29 is 0 Å². The second-order valence-electron chi connectivity index (χ2n) is 4.99. The van der Waals surface area contributed by atoms with E-state index in [1.807, 2.05) is 22.7 Å². The lowest BCUT2D eigenvalue weighted by Crippen LogP contribution is -1.90. The van der Waals surface area contributed by atoms with Crippen LogP contribution in [0.5, 0.6) is 0 Å². The van der Waals surface area contributed by atoms with Gasteiger partial charge in [-0.3, -0.25) is 4.40 Å². The maximum atomic E-state index is 4.36. The molecule has 0 aliphatic rings. The predicted octanol–water partition coefficient (Wildman–Crippen LogP) is 3.86. The SMILES string of the molecule is Cc1ccc(-c2nnc3c4ccccc4ccn23)cc1. The van der Waals surface area contributed by atoms with Gasteiger partial charge in [0.15, 0.2) is 11.5 Å². The Kier molecular flexibility index (Phi) is 2.33. The van der Waals surface area contributed by atoms with Crippen molar-refractivity contribution in [3.05, 3.63) is 66.4 Å². The molecule has 3 nitrogen and oxygen atoms in total. The quantitative estimate of drug-likeness (QED) is 0.519. The van der Waals surface area contributed by atoms with Gasteiger partial charge in [-0.1, -0.05) is 54.1 Å². The molecular formula is C17H13N3. The Hall–Kier alpha value is -2.68. The Balaban J connectivity index is 2.02. The second-order valence-corrected chi connectivity index (χ2v) is 4.99. The Morgan fingerprint density at radius 3 is 2.50 bits per heavy atom. The van der Waals surface area contributed by atoms with Crippen LogP contribution in [0.4, 0.5) is 0 Å². The number of pyridine rings is 1. The van der Waals surface area contributed by atoms with Gasteiger partial charge in [-0.25, -0.2) is 0 Å². The third-order valence-electron chi connectivity index (χ3n) is 3.61. The highest BCUT2D eigenvalue weighted by atomic mass is 15.2. The molecule has 0 saturated heterocycles. The van der Waals surface area contributed by atoms with E-state index in [1.165, 1.54) is 10.9 Å². The van der Waals surface area contributed by atoms with Crippen molar-refractivity contribution in [3.8, 4) is 11.4 Å².